The minimum absolute atomic E-state index is 0.0418. The summed E-state index contributed by atoms with van der Waals surface area (Å²) < 4.78 is 1.00. The maximum Gasteiger partial charge on any atom is 0.228 e. The zero-order chi connectivity index (χ0) is 13.7. The van der Waals surface area contributed by atoms with Crippen molar-refractivity contribution in [3.05, 3.63) is 64.1 Å². The van der Waals surface area contributed by atoms with Crippen LogP contribution in [-0.4, -0.2) is 5.91 Å². The van der Waals surface area contributed by atoms with Crippen LogP contribution in [0.3, 0.4) is 0 Å². The Labute approximate surface area is 125 Å². The molecule has 2 aromatic carbocycles. The number of alkyl halides is 1. The molecule has 2 aromatic rings. The molecule has 1 N–H and O–H groups in total. The molecule has 19 heavy (non-hydrogen) atoms. The number of nitrogens with one attached hydrogen (secondary N) is 1. The van der Waals surface area contributed by atoms with Crippen molar-refractivity contribution in [2.45, 2.75) is 12.3 Å². The molecule has 0 fully saturated rings. The summed E-state index contributed by atoms with van der Waals surface area (Å²) in [5, 5.41) is 2.89. The van der Waals surface area contributed by atoms with E-state index in [-0.39, 0.29) is 5.91 Å². The van der Waals surface area contributed by atoms with Gasteiger partial charge >= 0.3 is 0 Å². The van der Waals surface area contributed by atoms with Gasteiger partial charge in [-0.3, -0.25) is 4.79 Å². The number of rotatable bonds is 4. The van der Waals surface area contributed by atoms with Gasteiger partial charge in [-0.05, 0) is 29.3 Å². The van der Waals surface area contributed by atoms with Crippen molar-refractivity contribution < 1.29 is 4.79 Å². The van der Waals surface area contributed by atoms with Gasteiger partial charge in [0.15, 0.2) is 0 Å². The second-order valence-corrected chi connectivity index (χ2v) is 5.33. The molecule has 0 bridgehead atoms. The Morgan fingerprint density at radius 3 is 2.47 bits per heavy atom. The summed E-state index contributed by atoms with van der Waals surface area (Å²) in [6.45, 7) is 0. The third-order valence-corrected chi connectivity index (χ3v) is 3.53. The van der Waals surface area contributed by atoms with Gasteiger partial charge in [0.05, 0.1) is 6.42 Å². The molecule has 1 amide bonds. The van der Waals surface area contributed by atoms with Crippen LogP contribution in [0.15, 0.2) is 53.0 Å². The zero-order valence-electron chi connectivity index (χ0n) is 10.2. The third-order valence-electron chi connectivity index (χ3n) is 2.71. The number of carbonyl (C=O) groups excluding carboxylic acids is 1. The van der Waals surface area contributed by atoms with Crippen molar-refractivity contribution in [2.75, 3.05) is 5.32 Å². The monoisotopic (exact) mass is 337 g/mol. The molecule has 0 aromatic heterocycles. The molecule has 98 valence electrons. The summed E-state index contributed by atoms with van der Waals surface area (Å²) >= 11 is 9.21. The molecular weight excluding hydrogens is 326 g/mol. The van der Waals surface area contributed by atoms with E-state index in [4.69, 9.17) is 11.6 Å². The van der Waals surface area contributed by atoms with Crippen molar-refractivity contribution in [3.8, 4) is 0 Å². The second-order valence-electron chi connectivity index (χ2n) is 4.14. The van der Waals surface area contributed by atoms with E-state index in [1.807, 2.05) is 48.5 Å². The highest BCUT2D eigenvalue weighted by Crippen LogP contribution is 2.17. The van der Waals surface area contributed by atoms with Gasteiger partial charge in [0.2, 0.25) is 5.91 Å². The summed E-state index contributed by atoms with van der Waals surface area (Å²) in [6, 6.07) is 15.3. The Bertz CT molecular complexity index is 569. The van der Waals surface area contributed by atoms with Crippen molar-refractivity contribution >= 4 is 39.1 Å². The van der Waals surface area contributed by atoms with Gasteiger partial charge in [-0.1, -0.05) is 46.3 Å². The highest BCUT2D eigenvalue weighted by molar-refractivity contribution is 9.10. The maximum absolute atomic E-state index is 12.0. The largest absolute Gasteiger partial charge is 0.326 e. The molecule has 0 saturated heterocycles. The normalized spacial score (nSPS) is 10.2. The SMILES string of the molecule is O=C(Cc1ccc(Br)cc1)Nc1ccccc1CCl. The lowest BCUT2D eigenvalue weighted by molar-refractivity contribution is -0.115. The van der Waals surface area contributed by atoms with E-state index in [0.717, 1.165) is 21.3 Å². The predicted molar refractivity (Wildman–Crippen MR) is 82.5 cm³/mol. The molecule has 0 aliphatic rings. The lowest BCUT2D eigenvalue weighted by Gasteiger charge is -2.09. The molecule has 0 unspecified atom stereocenters. The first-order chi connectivity index (χ1) is 9.19. The molecule has 0 aliphatic carbocycles. The van der Waals surface area contributed by atoms with Gasteiger partial charge in [0.25, 0.3) is 0 Å². The average molecular weight is 339 g/mol. The first-order valence-electron chi connectivity index (χ1n) is 5.87. The number of hydrogen-bond acceptors (Lipinski definition) is 1. The lowest BCUT2D eigenvalue weighted by Crippen LogP contribution is -2.15. The van der Waals surface area contributed by atoms with E-state index in [2.05, 4.69) is 21.2 Å². The van der Waals surface area contributed by atoms with Gasteiger partial charge in [-0.25, -0.2) is 0 Å². The smallest absolute Gasteiger partial charge is 0.228 e. The van der Waals surface area contributed by atoms with Crippen molar-refractivity contribution in [1.82, 2.24) is 0 Å². The molecule has 0 aliphatic heterocycles. The highest BCUT2D eigenvalue weighted by atomic mass is 79.9. The predicted octanol–water partition coefficient (Wildman–Crippen LogP) is 4.37. The van der Waals surface area contributed by atoms with Crippen LogP contribution < -0.4 is 5.32 Å². The van der Waals surface area contributed by atoms with Crippen LogP contribution in [0.4, 0.5) is 5.69 Å². The molecule has 2 nitrogen and oxygen atoms in total. The average Bonchev–Trinajstić information content (AvgIpc) is 2.42. The molecule has 0 heterocycles. The fourth-order valence-corrected chi connectivity index (χ4v) is 2.24. The number of hydrogen-bond donors (Lipinski definition) is 1. The summed E-state index contributed by atoms with van der Waals surface area (Å²) in [4.78, 5) is 12.0. The van der Waals surface area contributed by atoms with Crippen LogP contribution in [0.25, 0.3) is 0 Å². The summed E-state index contributed by atoms with van der Waals surface area (Å²) in [5.41, 5.74) is 2.68. The second kappa shape index (κ2) is 6.73. The quantitative estimate of drug-likeness (QED) is 0.824. The Kier molecular flexibility index (Phi) is 5.00. The van der Waals surface area contributed by atoms with E-state index < -0.39 is 0 Å². The first kappa shape index (κ1) is 14.1. The van der Waals surface area contributed by atoms with E-state index >= 15 is 0 Å². The van der Waals surface area contributed by atoms with E-state index in [1.165, 1.54) is 0 Å². The number of para-hydroxylation sites is 1. The lowest BCUT2D eigenvalue weighted by atomic mass is 10.1. The maximum atomic E-state index is 12.0. The van der Waals surface area contributed by atoms with E-state index in [1.54, 1.807) is 0 Å². The molecule has 0 radical (unpaired) electrons. The molecule has 2 rings (SSSR count). The van der Waals surface area contributed by atoms with Crippen LogP contribution in [0.1, 0.15) is 11.1 Å². The summed E-state index contributed by atoms with van der Waals surface area (Å²) in [6.07, 6.45) is 0.351. The highest BCUT2D eigenvalue weighted by Gasteiger charge is 2.06. The summed E-state index contributed by atoms with van der Waals surface area (Å²) in [5.74, 6) is 0.342. The van der Waals surface area contributed by atoms with Gasteiger partial charge in [-0.15, -0.1) is 11.6 Å². The fraction of sp³-hybridized carbons (Fsp3) is 0.133. The first-order valence-corrected chi connectivity index (χ1v) is 7.20. The minimum atomic E-state index is -0.0418. The number of halogens is 2. The third kappa shape index (κ3) is 4.08. The van der Waals surface area contributed by atoms with Gasteiger partial charge in [-0.2, -0.15) is 0 Å². The molecule has 0 saturated carbocycles. The minimum Gasteiger partial charge on any atom is -0.326 e. The zero-order valence-corrected chi connectivity index (χ0v) is 12.5. The van der Waals surface area contributed by atoms with Crippen LogP contribution in [0, 0.1) is 0 Å². The number of anilines is 1. The van der Waals surface area contributed by atoms with Gasteiger partial charge in [0.1, 0.15) is 0 Å². The van der Waals surface area contributed by atoms with Gasteiger partial charge < -0.3 is 5.32 Å². The van der Waals surface area contributed by atoms with Crippen LogP contribution >= 0.6 is 27.5 Å². The number of amides is 1. The number of benzene rings is 2. The van der Waals surface area contributed by atoms with Gasteiger partial charge in [0, 0.05) is 16.0 Å². The van der Waals surface area contributed by atoms with Crippen molar-refractivity contribution in [3.63, 3.8) is 0 Å². The fourth-order valence-electron chi connectivity index (χ4n) is 1.74. The Balaban J connectivity index is 2.03. The molecule has 4 heteroatoms. The van der Waals surface area contributed by atoms with Crippen molar-refractivity contribution in [2.24, 2.45) is 0 Å². The number of carbonyl (C=O) groups is 1. The Hall–Kier alpha value is -1.32. The topological polar surface area (TPSA) is 29.1 Å². The van der Waals surface area contributed by atoms with E-state index in [0.29, 0.717) is 12.3 Å². The summed E-state index contributed by atoms with van der Waals surface area (Å²) in [7, 11) is 0. The van der Waals surface area contributed by atoms with Crippen LogP contribution in [0.5, 0.6) is 0 Å². The molecule has 0 spiro atoms. The standard InChI is InChI=1S/C15H13BrClNO/c16-13-7-5-11(6-8-13)9-15(19)18-14-4-2-1-3-12(14)10-17/h1-8H,9-10H2,(H,18,19). The van der Waals surface area contributed by atoms with E-state index in [9.17, 15) is 4.79 Å². The van der Waals surface area contributed by atoms with Crippen LogP contribution in [0.2, 0.25) is 0 Å². The molecular formula is C15H13BrClNO. The Morgan fingerprint density at radius 1 is 1.11 bits per heavy atom. The van der Waals surface area contributed by atoms with Crippen molar-refractivity contribution in [1.29, 1.82) is 0 Å². The van der Waals surface area contributed by atoms with Crippen LogP contribution in [-0.2, 0) is 17.1 Å². The molecule has 0 atom stereocenters. The Morgan fingerprint density at radius 2 is 1.79 bits per heavy atom.